The first-order chi connectivity index (χ1) is 7.70. The van der Waals surface area contributed by atoms with Crippen LogP contribution in [0.4, 0.5) is 0 Å². The highest BCUT2D eigenvalue weighted by Crippen LogP contribution is 2.28. The largest absolute Gasteiger partial charge is 0.396 e. The molecule has 96 valence electrons. The van der Waals surface area contributed by atoms with E-state index >= 15 is 0 Å². The van der Waals surface area contributed by atoms with Gasteiger partial charge in [0.2, 0.25) is 0 Å². The Hall–Kier alpha value is -0.160. The van der Waals surface area contributed by atoms with Crippen molar-refractivity contribution in [1.29, 1.82) is 0 Å². The maximum Gasteiger partial charge on any atom is 0.0518 e. The summed E-state index contributed by atoms with van der Waals surface area (Å²) in [6.45, 7) is 5.12. The van der Waals surface area contributed by atoms with Crippen LogP contribution in [0.15, 0.2) is 0 Å². The van der Waals surface area contributed by atoms with Gasteiger partial charge in [0.05, 0.1) is 13.2 Å². The van der Waals surface area contributed by atoms with Gasteiger partial charge in [0.25, 0.3) is 0 Å². The van der Waals surface area contributed by atoms with E-state index in [9.17, 15) is 0 Å². The summed E-state index contributed by atoms with van der Waals surface area (Å²) in [5, 5.41) is 21.4. The first kappa shape index (κ1) is 13.9. The van der Waals surface area contributed by atoms with Crippen molar-refractivity contribution in [3.05, 3.63) is 0 Å². The first-order valence-corrected chi connectivity index (χ1v) is 6.20. The molecular formula is C12H25NO3. The van der Waals surface area contributed by atoms with E-state index in [-0.39, 0.29) is 13.2 Å². The number of nitrogens with one attached hydrogen (secondary N) is 1. The second-order valence-corrected chi connectivity index (χ2v) is 5.18. The molecule has 1 fully saturated rings. The molecule has 0 amide bonds. The lowest BCUT2D eigenvalue weighted by Gasteiger charge is -2.24. The van der Waals surface area contributed by atoms with Crippen molar-refractivity contribution in [1.82, 2.24) is 5.32 Å². The number of aliphatic hydroxyl groups excluding tert-OH is 2. The molecule has 16 heavy (non-hydrogen) atoms. The van der Waals surface area contributed by atoms with E-state index in [1.807, 2.05) is 6.92 Å². The van der Waals surface area contributed by atoms with Gasteiger partial charge in [-0.05, 0) is 31.7 Å². The van der Waals surface area contributed by atoms with Gasteiger partial charge in [0, 0.05) is 25.2 Å². The van der Waals surface area contributed by atoms with Gasteiger partial charge in [0.1, 0.15) is 0 Å². The number of hydrogen-bond acceptors (Lipinski definition) is 4. The predicted molar refractivity (Wildman–Crippen MR) is 63.3 cm³/mol. The van der Waals surface area contributed by atoms with Gasteiger partial charge in [-0.2, -0.15) is 0 Å². The van der Waals surface area contributed by atoms with Gasteiger partial charge < -0.3 is 20.3 Å². The zero-order chi connectivity index (χ0) is 11.9. The van der Waals surface area contributed by atoms with Gasteiger partial charge in [-0.25, -0.2) is 0 Å². The Kier molecular flexibility index (Phi) is 6.28. The third-order valence-electron chi connectivity index (χ3n) is 3.01. The van der Waals surface area contributed by atoms with Crippen molar-refractivity contribution in [3.63, 3.8) is 0 Å². The second-order valence-electron chi connectivity index (χ2n) is 5.18. The highest BCUT2D eigenvalue weighted by atomic mass is 16.5. The average Bonchev–Trinajstić information content (AvgIpc) is 3.11. The van der Waals surface area contributed by atoms with Crippen molar-refractivity contribution in [3.8, 4) is 0 Å². The Bertz CT molecular complexity index is 179. The molecule has 1 aliphatic carbocycles. The van der Waals surface area contributed by atoms with Crippen LogP contribution in [0, 0.1) is 11.3 Å². The molecule has 4 heteroatoms. The van der Waals surface area contributed by atoms with Crippen LogP contribution >= 0.6 is 0 Å². The normalized spacial score (nSPS) is 16.7. The van der Waals surface area contributed by atoms with Crippen molar-refractivity contribution >= 4 is 0 Å². The molecule has 0 atom stereocenters. The van der Waals surface area contributed by atoms with Crippen LogP contribution < -0.4 is 5.32 Å². The Balaban J connectivity index is 1.86. The smallest absolute Gasteiger partial charge is 0.0518 e. The first-order valence-electron chi connectivity index (χ1n) is 6.20. The SMILES string of the molecule is CC(CO)(CO)CNCCCOCC1CC1. The highest BCUT2D eigenvalue weighted by Gasteiger charge is 2.22. The molecule has 0 aromatic carbocycles. The predicted octanol–water partition coefficient (Wildman–Crippen LogP) is 0.384. The molecule has 0 unspecified atom stereocenters. The van der Waals surface area contributed by atoms with E-state index < -0.39 is 5.41 Å². The maximum atomic E-state index is 9.07. The quantitative estimate of drug-likeness (QED) is 0.476. The van der Waals surface area contributed by atoms with E-state index in [1.54, 1.807) is 0 Å². The summed E-state index contributed by atoms with van der Waals surface area (Å²) in [5.74, 6) is 0.833. The standard InChI is InChI=1S/C12H25NO3/c1-12(9-14,10-15)8-13-5-2-6-16-7-11-3-4-11/h11,13-15H,2-10H2,1H3. The van der Waals surface area contributed by atoms with Gasteiger partial charge in [-0.3, -0.25) is 0 Å². The minimum Gasteiger partial charge on any atom is -0.396 e. The Morgan fingerprint density at radius 1 is 1.31 bits per heavy atom. The summed E-state index contributed by atoms with van der Waals surface area (Å²) >= 11 is 0. The van der Waals surface area contributed by atoms with Crippen LogP contribution in [0.5, 0.6) is 0 Å². The molecule has 4 nitrogen and oxygen atoms in total. The third kappa shape index (κ3) is 5.80. The lowest BCUT2D eigenvalue weighted by atomic mass is 9.93. The van der Waals surface area contributed by atoms with Gasteiger partial charge in [0.15, 0.2) is 0 Å². The lowest BCUT2D eigenvalue weighted by Crippen LogP contribution is -2.38. The number of hydrogen-bond donors (Lipinski definition) is 3. The van der Waals surface area contributed by atoms with Crippen LogP contribution in [0.2, 0.25) is 0 Å². The average molecular weight is 231 g/mol. The van der Waals surface area contributed by atoms with Crippen molar-refractivity contribution in [2.24, 2.45) is 11.3 Å². The molecule has 0 heterocycles. The molecule has 1 aliphatic rings. The highest BCUT2D eigenvalue weighted by molar-refractivity contribution is 4.74. The molecule has 1 saturated carbocycles. The molecule has 0 radical (unpaired) electrons. The minimum absolute atomic E-state index is 0.00861. The molecule has 0 spiro atoms. The van der Waals surface area contributed by atoms with E-state index in [4.69, 9.17) is 14.9 Å². The molecule has 0 aromatic heterocycles. The van der Waals surface area contributed by atoms with E-state index in [0.29, 0.717) is 6.54 Å². The van der Waals surface area contributed by atoms with Crippen molar-refractivity contribution < 1.29 is 14.9 Å². The monoisotopic (exact) mass is 231 g/mol. The molecular weight excluding hydrogens is 206 g/mol. The topological polar surface area (TPSA) is 61.7 Å². The Morgan fingerprint density at radius 3 is 2.56 bits per heavy atom. The van der Waals surface area contributed by atoms with Crippen molar-refractivity contribution in [2.45, 2.75) is 26.2 Å². The summed E-state index contributed by atoms with van der Waals surface area (Å²) in [5.41, 5.74) is -0.408. The Morgan fingerprint density at radius 2 is 2.00 bits per heavy atom. The summed E-state index contributed by atoms with van der Waals surface area (Å²) < 4.78 is 5.50. The molecule has 0 aliphatic heterocycles. The maximum absolute atomic E-state index is 9.07. The van der Waals surface area contributed by atoms with Crippen LogP contribution in [-0.4, -0.2) is 49.7 Å². The van der Waals surface area contributed by atoms with Crippen molar-refractivity contribution in [2.75, 3.05) is 39.5 Å². The summed E-state index contributed by atoms with van der Waals surface area (Å²) in [6.07, 6.45) is 3.66. The molecule has 1 rings (SSSR count). The van der Waals surface area contributed by atoms with Gasteiger partial charge in [-0.15, -0.1) is 0 Å². The molecule has 0 saturated heterocycles. The summed E-state index contributed by atoms with van der Waals surface area (Å²) in [4.78, 5) is 0. The van der Waals surface area contributed by atoms with Gasteiger partial charge >= 0.3 is 0 Å². The molecule has 0 aromatic rings. The third-order valence-corrected chi connectivity index (χ3v) is 3.01. The van der Waals surface area contributed by atoms with Crippen LogP contribution in [0.25, 0.3) is 0 Å². The molecule has 3 N–H and O–H groups in total. The molecule has 0 bridgehead atoms. The second kappa shape index (κ2) is 7.22. The zero-order valence-corrected chi connectivity index (χ0v) is 10.2. The Labute approximate surface area is 98.0 Å². The summed E-state index contributed by atoms with van der Waals surface area (Å²) in [7, 11) is 0. The minimum atomic E-state index is -0.408. The van der Waals surface area contributed by atoms with E-state index in [0.717, 1.165) is 32.1 Å². The fourth-order valence-corrected chi connectivity index (χ4v) is 1.39. The number of rotatable bonds is 10. The number of aliphatic hydroxyl groups is 2. The van der Waals surface area contributed by atoms with Crippen LogP contribution in [-0.2, 0) is 4.74 Å². The van der Waals surface area contributed by atoms with Gasteiger partial charge in [-0.1, -0.05) is 6.92 Å². The lowest BCUT2D eigenvalue weighted by molar-refractivity contribution is 0.0686. The fourth-order valence-electron chi connectivity index (χ4n) is 1.39. The zero-order valence-electron chi connectivity index (χ0n) is 10.2. The van der Waals surface area contributed by atoms with E-state index in [1.165, 1.54) is 12.8 Å². The summed E-state index contributed by atoms with van der Waals surface area (Å²) in [6, 6.07) is 0. The van der Waals surface area contributed by atoms with Crippen LogP contribution in [0.3, 0.4) is 0 Å². The van der Waals surface area contributed by atoms with E-state index in [2.05, 4.69) is 5.32 Å². The number of ether oxygens (including phenoxy) is 1. The van der Waals surface area contributed by atoms with Crippen LogP contribution in [0.1, 0.15) is 26.2 Å². The fraction of sp³-hybridized carbons (Fsp3) is 1.00.